The van der Waals surface area contributed by atoms with Gasteiger partial charge in [-0.2, -0.15) is 5.10 Å². The lowest BCUT2D eigenvalue weighted by molar-refractivity contribution is 0.0724. The van der Waals surface area contributed by atoms with Gasteiger partial charge in [0.25, 0.3) is 5.91 Å². The largest absolute Gasteiger partial charge is 0.335 e. The van der Waals surface area contributed by atoms with Gasteiger partial charge in [-0.05, 0) is 6.07 Å². The summed E-state index contributed by atoms with van der Waals surface area (Å²) in [5.74, 6) is 0.0852. The van der Waals surface area contributed by atoms with Gasteiger partial charge in [0, 0.05) is 38.6 Å². The molecule has 108 valence electrons. The van der Waals surface area contributed by atoms with E-state index < -0.39 is 0 Å². The zero-order valence-electron chi connectivity index (χ0n) is 12.1. The molecule has 0 spiro atoms. The number of aromatic nitrogens is 2. The van der Waals surface area contributed by atoms with E-state index in [1.165, 1.54) is 0 Å². The van der Waals surface area contributed by atoms with Gasteiger partial charge in [0.2, 0.25) is 0 Å². The van der Waals surface area contributed by atoms with Crippen LogP contribution in [0.4, 0.5) is 0 Å². The van der Waals surface area contributed by atoms with Crippen molar-refractivity contribution < 1.29 is 4.79 Å². The van der Waals surface area contributed by atoms with Crippen molar-refractivity contribution in [2.24, 2.45) is 7.05 Å². The number of hydrogen-bond acceptors (Lipinski definition) is 3. The molecule has 1 saturated heterocycles. The molecule has 0 atom stereocenters. The van der Waals surface area contributed by atoms with Gasteiger partial charge in [0.1, 0.15) is 5.69 Å². The molecule has 19 heavy (non-hydrogen) atoms. The molecule has 1 aliphatic rings. The molecule has 0 aliphatic carbocycles. The zero-order valence-corrected chi connectivity index (χ0v) is 12.9. The maximum atomic E-state index is 12.4. The molecule has 0 radical (unpaired) electrons. The minimum atomic E-state index is -0.0280. The monoisotopic (exact) mass is 286 g/mol. The Hall–Kier alpha value is -1.07. The highest BCUT2D eigenvalue weighted by atomic mass is 35.5. The number of halogens is 1. The third-order valence-corrected chi connectivity index (χ3v) is 3.27. The molecule has 5 nitrogen and oxygen atoms in total. The van der Waals surface area contributed by atoms with E-state index in [-0.39, 0.29) is 23.7 Å². The van der Waals surface area contributed by atoms with Crippen LogP contribution in [0.2, 0.25) is 0 Å². The average molecular weight is 287 g/mol. The van der Waals surface area contributed by atoms with E-state index in [2.05, 4.69) is 31.2 Å². The summed E-state index contributed by atoms with van der Waals surface area (Å²) < 4.78 is 1.70. The Morgan fingerprint density at radius 1 is 1.32 bits per heavy atom. The highest BCUT2D eigenvalue weighted by Gasteiger charge is 2.25. The van der Waals surface area contributed by atoms with Crippen LogP contribution in [0, 0.1) is 0 Å². The van der Waals surface area contributed by atoms with Gasteiger partial charge in [-0.3, -0.25) is 9.48 Å². The van der Waals surface area contributed by atoms with Crippen molar-refractivity contribution >= 4 is 18.3 Å². The summed E-state index contributed by atoms with van der Waals surface area (Å²) in [6.07, 6.45) is 0. The minimum absolute atomic E-state index is 0. The van der Waals surface area contributed by atoms with Gasteiger partial charge >= 0.3 is 0 Å². The van der Waals surface area contributed by atoms with Crippen LogP contribution >= 0.6 is 12.4 Å². The molecule has 2 rings (SSSR count). The van der Waals surface area contributed by atoms with Crippen molar-refractivity contribution in [3.05, 3.63) is 17.5 Å². The second-order valence-corrected chi connectivity index (χ2v) is 5.83. The zero-order chi connectivity index (χ0) is 13.3. The van der Waals surface area contributed by atoms with E-state index in [0.29, 0.717) is 5.69 Å². The lowest BCUT2D eigenvalue weighted by Gasteiger charge is -2.27. The van der Waals surface area contributed by atoms with E-state index in [4.69, 9.17) is 0 Å². The number of carbonyl (C=O) groups is 1. The fourth-order valence-corrected chi connectivity index (χ4v) is 2.06. The summed E-state index contributed by atoms with van der Waals surface area (Å²) in [5.41, 5.74) is 1.62. The van der Waals surface area contributed by atoms with Crippen LogP contribution in [-0.4, -0.2) is 46.8 Å². The third-order valence-electron chi connectivity index (χ3n) is 3.27. The standard InChI is InChI=1S/C13H22N4O.ClH/c1-13(2,3)11-9-10(16(4)15-11)12(18)17-7-5-14-6-8-17;/h9,14H,5-8H2,1-4H3;1H. The van der Waals surface area contributed by atoms with E-state index in [9.17, 15) is 4.79 Å². The molecule has 1 aromatic heterocycles. The molecule has 0 saturated carbocycles. The van der Waals surface area contributed by atoms with Gasteiger partial charge in [-0.25, -0.2) is 0 Å². The predicted molar refractivity (Wildman–Crippen MR) is 77.9 cm³/mol. The summed E-state index contributed by atoms with van der Waals surface area (Å²) >= 11 is 0. The Kier molecular flexibility index (Phi) is 4.98. The van der Waals surface area contributed by atoms with Crippen molar-refractivity contribution in [3.8, 4) is 0 Å². The van der Waals surface area contributed by atoms with Crippen molar-refractivity contribution in [1.29, 1.82) is 0 Å². The van der Waals surface area contributed by atoms with E-state index >= 15 is 0 Å². The lowest BCUT2D eigenvalue weighted by Crippen LogP contribution is -2.46. The number of nitrogens with one attached hydrogen (secondary N) is 1. The highest BCUT2D eigenvalue weighted by Crippen LogP contribution is 2.21. The van der Waals surface area contributed by atoms with Crippen LogP contribution in [-0.2, 0) is 12.5 Å². The summed E-state index contributed by atoms with van der Waals surface area (Å²) in [6, 6.07) is 1.92. The van der Waals surface area contributed by atoms with Crippen LogP contribution < -0.4 is 5.32 Å². The maximum Gasteiger partial charge on any atom is 0.272 e. The molecule has 0 unspecified atom stereocenters. The Bertz CT molecular complexity index is 444. The van der Waals surface area contributed by atoms with Crippen LogP contribution in [0.5, 0.6) is 0 Å². The Morgan fingerprint density at radius 2 is 1.89 bits per heavy atom. The summed E-state index contributed by atoms with van der Waals surface area (Å²) in [4.78, 5) is 14.3. The number of amides is 1. The molecule has 1 aliphatic heterocycles. The molecule has 1 aromatic rings. The Morgan fingerprint density at radius 3 is 2.37 bits per heavy atom. The first-order chi connectivity index (χ1) is 8.39. The number of rotatable bonds is 1. The summed E-state index contributed by atoms with van der Waals surface area (Å²) in [6.45, 7) is 9.60. The van der Waals surface area contributed by atoms with Crippen molar-refractivity contribution in [2.75, 3.05) is 26.2 Å². The number of hydrogen-bond donors (Lipinski definition) is 1. The van der Waals surface area contributed by atoms with Crippen LogP contribution in [0.25, 0.3) is 0 Å². The topological polar surface area (TPSA) is 50.2 Å². The van der Waals surface area contributed by atoms with Crippen molar-refractivity contribution in [3.63, 3.8) is 0 Å². The maximum absolute atomic E-state index is 12.4. The fourth-order valence-electron chi connectivity index (χ4n) is 2.06. The third kappa shape index (κ3) is 3.48. The van der Waals surface area contributed by atoms with E-state index in [1.54, 1.807) is 4.68 Å². The molecular formula is C13H23ClN4O. The van der Waals surface area contributed by atoms with Crippen LogP contribution in [0.3, 0.4) is 0 Å². The van der Waals surface area contributed by atoms with Crippen molar-refractivity contribution in [1.82, 2.24) is 20.0 Å². The number of carbonyl (C=O) groups excluding carboxylic acids is 1. The van der Waals surface area contributed by atoms with E-state index in [1.807, 2.05) is 18.0 Å². The van der Waals surface area contributed by atoms with Crippen molar-refractivity contribution in [2.45, 2.75) is 26.2 Å². The second kappa shape index (κ2) is 5.92. The van der Waals surface area contributed by atoms with E-state index in [0.717, 1.165) is 31.9 Å². The Labute approximate surface area is 120 Å². The minimum Gasteiger partial charge on any atom is -0.335 e. The van der Waals surface area contributed by atoms with Gasteiger partial charge in [-0.15, -0.1) is 12.4 Å². The van der Waals surface area contributed by atoms with Crippen LogP contribution in [0.1, 0.15) is 37.0 Å². The molecule has 0 bridgehead atoms. The second-order valence-electron chi connectivity index (χ2n) is 5.83. The van der Waals surface area contributed by atoms with Gasteiger partial charge in [0.05, 0.1) is 5.69 Å². The molecule has 2 heterocycles. The fraction of sp³-hybridized carbons (Fsp3) is 0.692. The molecule has 6 heteroatoms. The first-order valence-corrected chi connectivity index (χ1v) is 6.44. The SMILES string of the molecule is Cl.Cn1nc(C(C)(C)C)cc1C(=O)N1CCNCC1. The molecule has 0 aromatic carbocycles. The van der Waals surface area contributed by atoms with Gasteiger partial charge < -0.3 is 10.2 Å². The average Bonchev–Trinajstić information content (AvgIpc) is 2.71. The Balaban J connectivity index is 0.00000180. The van der Waals surface area contributed by atoms with Gasteiger partial charge in [0.15, 0.2) is 0 Å². The van der Waals surface area contributed by atoms with Crippen LogP contribution in [0.15, 0.2) is 6.07 Å². The summed E-state index contributed by atoms with van der Waals surface area (Å²) in [5, 5.41) is 7.70. The smallest absolute Gasteiger partial charge is 0.272 e. The quantitative estimate of drug-likeness (QED) is 0.844. The first kappa shape index (κ1) is 16.0. The molecule has 1 amide bonds. The predicted octanol–water partition coefficient (Wildman–Crippen LogP) is 1.18. The van der Waals surface area contributed by atoms with Gasteiger partial charge in [-0.1, -0.05) is 20.8 Å². The normalized spacial score (nSPS) is 16.1. The number of aryl methyl sites for hydroxylation is 1. The highest BCUT2D eigenvalue weighted by molar-refractivity contribution is 5.92. The number of nitrogens with zero attached hydrogens (tertiary/aromatic N) is 3. The number of piperazine rings is 1. The first-order valence-electron chi connectivity index (χ1n) is 6.44. The summed E-state index contributed by atoms with van der Waals surface area (Å²) in [7, 11) is 1.84. The molecule has 1 fully saturated rings. The molecule has 1 N–H and O–H groups in total. The lowest BCUT2D eigenvalue weighted by atomic mass is 9.92. The molecular weight excluding hydrogens is 264 g/mol.